The number of unbranched alkanes of at least 4 members (excludes halogenated alkanes) is 1. The highest BCUT2D eigenvalue weighted by Crippen LogP contribution is 2.28. The summed E-state index contributed by atoms with van der Waals surface area (Å²) in [5.74, 6) is 0.310. The van der Waals surface area contributed by atoms with Crippen molar-refractivity contribution in [2.24, 2.45) is 0 Å². The minimum absolute atomic E-state index is 0.155. The Morgan fingerprint density at radius 2 is 1.20 bits per heavy atom. The average molecular weight is 318 g/mol. The quantitative estimate of drug-likeness (QED) is 0.574. The van der Waals surface area contributed by atoms with Crippen molar-refractivity contribution < 1.29 is 16.8 Å². The van der Waals surface area contributed by atoms with Crippen LogP contribution in [-0.4, -0.2) is 38.8 Å². The smallest absolute Gasteiger partial charge is 0.160 e. The van der Waals surface area contributed by atoms with Gasteiger partial charge in [-0.2, -0.15) is 0 Å². The molecule has 0 spiro atoms. The van der Waals surface area contributed by atoms with Gasteiger partial charge < -0.3 is 0 Å². The SMILES string of the molecule is CC1=CCS(=O)(=O)C1CCCCC1C(C)=CCS1(=O)=O. The molecule has 0 aromatic carbocycles. The minimum atomic E-state index is -2.99. The van der Waals surface area contributed by atoms with E-state index < -0.39 is 19.7 Å². The molecule has 6 heteroatoms. The van der Waals surface area contributed by atoms with Gasteiger partial charge in [0.1, 0.15) is 0 Å². The van der Waals surface area contributed by atoms with Crippen molar-refractivity contribution in [1.29, 1.82) is 0 Å². The Labute approximate surface area is 121 Å². The van der Waals surface area contributed by atoms with Crippen molar-refractivity contribution in [3.63, 3.8) is 0 Å². The van der Waals surface area contributed by atoms with Gasteiger partial charge in [0.25, 0.3) is 0 Å². The van der Waals surface area contributed by atoms with Gasteiger partial charge in [0.15, 0.2) is 19.7 Å². The van der Waals surface area contributed by atoms with E-state index in [1.807, 2.05) is 13.8 Å². The predicted molar refractivity (Wildman–Crippen MR) is 81.1 cm³/mol. The molecule has 0 bridgehead atoms. The third-order valence-corrected chi connectivity index (χ3v) is 8.55. The van der Waals surface area contributed by atoms with E-state index in [2.05, 4.69) is 0 Å². The number of rotatable bonds is 5. The third-order valence-electron chi connectivity index (χ3n) is 4.34. The lowest BCUT2D eigenvalue weighted by atomic mass is 10.0. The Hall–Kier alpha value is -0.620. The van der Waals surface area contributed by atoms with Gasteiger partial charge in [0.05, 0.1) is 22.0 Å². The second-order valence-electron chi connectivity index (χ2n) is 5.82. The highest BCUT2D eigenvalue weighted by atomic mass is 32.2. The molecule has 2 unspecified atom stereocenters. The van der Waals surface area contributed by atoms with Crippen molar-refractivity contribution in [3.8, 4) is 0 Å². The molecule has 0 radical (unpaired) electrons. The zero-order valence-electron chi connectivity index (χ0n) is 12.0. The van der Waals surface area contributed by atoms with Crippen LogP contribution in [0.5, 0.6) is 0 Å². The van der Waals surface area contributed by atoms with Gasteiger partial charge >= 0.3 is 0 Å². The molecule has 0 amide bonds. The first-order valence-corrected chi connectivity index (χ1v) is 10.4. The molecule has 0 N–H and O–H groups in total. The maximum absolute atomic E-state index is 11.8. The summed E-state index contributed by atoms with van der Waals surface area (Å²) in [6.45, 7) is 3.73. The van der Waals surface area contributed by atoms with Gasteiger partial charge in [-0.3, -0.25) is 0 Å². The lowest BCUT2D eigenvalue weighted by Gasteiger charge is -2.14. The lowest BCUT2D eigenvalue weighted by molar-refractivity contribution is 0.565. The maximum Gasteiger partial charge on any atom is 0.160 e. The van der Waals surface area contributed by atoms with Crippen molar-refractivity contribution >= 4 is 19.7 Å². The molecule has 114 valence electrons. The Bertz CT molecular complexity index is 581. The van der Waals surface area contributed by atoms with Crippen molar-refractivity contribution in [2.75, 3.05) is 11.5 Å². The molecule has 20 heavy (non-hydrogen) atoms. The fraction of sp³-hybridized carbons (Fsp3) is 0.714. The van der Waals surface area contributed by atoms with Crippen molar-refractivity contribution in [2.45, 2.75) is 50.0 Å². The Balaban J connectivity index is 1.83. The van der Waals surface area contributed by atoms with Gasteiger partial charge in [-0.05, 0) is 26.7 Å². The normalized spacial score (nSPS) is 31.1. The molecule has 2 heterocycles. The topological polar surface area (TPSA) is 68.3 Å². The second kappa shape index (κ2) is 5.64. The maximum atomic E-state index is 11.8. The summed E-state index contributed by atoms with van der Waals surface area (Å²) in [7, 11) is -5.98. The molecule has 0 aliphatic carbocycles. The second-order valence-corrected chi connectivity index (χ2v) is 10.3. The molecule has 0 saturated heterocycles. The van der Waals surface area contributed by atoms with Crippen LogP contribution >= 0.6 is 0 Å². The molecule has 0 aromatic heterocycles. The van der Waals surface area contributed by atoms with E-state index in [4.69, 9.17) is 0 Å². The van der Waals surface area contributed by atoms with Crippen LogP contribution in [-0.2, 0) is 19.7 Å². The molecular weight excluding hydrogens is 296 g/mol. The Morgan fingerprint density at radius 1 is 0.850 bits per heavy atom. The summed E-state index contributed by atoms with van der Waals surface area (Å²) < 4.78 is 47.3. The first kappa shape index (κ1) is 15.8. The predicted octanol–water partition coefficient (Wildman–Crippen LogP) is 2.03. The van der Waals surface area contributed by atoms with Crippen LogP contribution in [0.15, 0.2) is 23.3 Å². The molecule has 0 saturated carbocycles. The monoisotopic (exact) mass is 318 g/mol. The summed E-state index contributed by atoms with van der Waals surface area (Å²) in [6, 6.07) is 0. The summed E-state index contributed by atoms with van der Waals surface area (Å²) in [4.78, 5) is 0. The van der Waals surface area contributed by atoms with E-state index >= 15 is 0 Å². The molecule has 2 atom stereocenters. The molecule has 4 nitrogen and oxygen atoms in total. The Morgan fingerprint density at radius 3 is 1.45 bits per heavy atom. The number of hydrogen-bond donors (Lipinski definition) is 0. The average Bonchev–Trinajstić information content (AvgIpc) is 2.75. The van der Waals surface area contributed by atoms with E-state index in [1.165, 1.54) is 0 Å². The zero-order chi connectivity index (χ0) is 15.0. The largest absolute Gasteiger partial charge is 0.228 e. The van der Waals surface area contributed by atoms with Gasteiger partial charge in [0.2, 0.25) is 0 Å². The van der Waals surface area contributed by atoms with Gasteiger partial charge in [0, 0.05) is 0 Å². The Kier molecular flexibility index (Phi) is 4.44. The molecule has 2 aliphatic heterocycles. The van der Waals surface area contributed by atoms with Crippen LogP contribution in [0.4, 0.5) is 0 Å². The summed E-state index contributed by atoms with van der Waals surface area (Å²) in [6.07, 6.45) is 6.31. The van der Waals surface area contributed by atoms with Crippen LogP contribution in [0.1, 0.15) is 39.5 Å². The standard InChI is InChI=1S/C14H22O4S2/c1-11-7-9-19(15,16)13(11)5-3-4-6-14-12(2)8-10-20(14,17)18/h7-8,13-14H,3-6,9-10H2,1-2H3. The van der Waals surface area contributed by atoms with E-state index in [9.17, 15) is 16.8 Å². The highest BCUT2D eigenvalue weighted by Gasteiger charge is 2.32. The zero-order valence-corrected chi connectivity index (χ0v) is 13.6. The minimum Gasteiger partial charge on any atom is -0.228 e. The summed E-state index contributed by atoms with van der Waals surface area (Å²) in [5.41, 5.74) is 1.88. The van der Waals surface area contributed by atoms with Crippen LogP contribution in [0.25, 0.3) is 0 Å². The molecule has 2 aliphatic rings. The van der Waals surface area contributed by atoms with E-state index in [1.54, 1.807) is 12.2 Å². The molecule has 0 aromatic rings. The summed E-state index contributed by atoms with van der Waals surface area (Å²) in [5, 5.41) is -0.696. The van der Waals surface area contributed by atoms with Gasteiger partial charge in [-0.15, -0.1) is 0 Å². The van der Waals surface area contributed by atoms with Gasteiger partial charge in [-0.25, -0.2) is 16.8 Å². The highest BCUT2D eigenvalue weighted by molar-refractivity contribution is 7.92. The van der Waals surface area contributed by atoms with Crippen molar-refractivity contribution in [1.82, 2.24) is 0 Å². The lowest BCUT2D eigenvalue weighted by Crippen LogP contribution is -2.20. The third kappa shape index (κ3) is 3.17. The number of hydrogen-bond acceptors (Lipinski definition) is 4. The van der Waals surface area contributed by atoms with E-state index in [0.29, 0.717) is 12.8 Å². The fourth-order valence-electron chi connectivity index (χ4n) is 3.03. The van der Waals surface area contributed by atoms with Crippen LogP contribution in [0, 0.1) is 0 Å². The first-order chi connectivity index (χ1) is 9.24. The molecule has 0 fully saturated rings. The van der Waals surface area contributed by atoms with Crippen LogP contribution in [0.2, 0.25) is 0 Å². The van der Waals surface area contributed by atoms with Crippen LogP contribution in [0.3, 0.4) is 0 Å². The fourth-order valence-corrected chi connectivity index (χ4v) is 6.86. The van der Waals surface area contributed by atoms with E-state index in [0.717, 1.165) is 24.0 Å². The molecule has 2 rings (SSSR count). The summed E-state index contributed by atoms with van der Waals surface area (Å²) >= 11 is 0. The number of sulfone groups is 2. The van der Waals surface area contributed by atoms with Gasteiger partial charge in [-0.1, -0.05) is 36.1 Å². The van der Waals surface area contributed by atoms with E-state index in [-0.39, 0.29) is 22.0 Å². The molecular formula is C14H22O4S2. The first-order valence-electron chi connectivity index (χ1n) is 7.00. The van der Waals surface area contributed by atoms with Crippen LogP contribution < -0.4 is 0 Å². The van der Waals surface area contributed by atoms with Crippen molar-refractivity contribution in [3.05, 3.63) is 23.3 Å².